The molecule has 1 N–H and O–H groups in total. The Labute approximate surface area is 92.0 Å². The van der Waals surface area contributed by atoms with Gasteiger partial charge < -0.3 is 5.11 Å². The van der Waals surface area contributed by atoms with Gasteiger partial charge in [0.1, 0.15) is 4.88 Å². The maximum absolute atomic E-state index is 11.2. The van der Waals surface area contributed by atoms with Crippen LogP contribution in [0, 0.1) is 0 Å². The minimum atomic E-state index is -1.13. The molecule has 1 aromatic rings. The first-order valence-corrected chi connectivity index (χ1v) is 5.54. The van der Waals surface area contributed by atoms with Crippen molar-refractivity contribution in [1.82, 2.24) is 4.98 Å². The lowest BCUT2D eigenvalue weighted by molar-refractivity contribution is 0.0686. The van der Waals surface area contributed by atoms with Crippen molar-refractivity contribution in [2.75, 3.05) is 0 Å². The molecule has 0 fully saturated rings. The second kappa shape index (κ2) is 4.53. The van der Waals surface area contributed by atoms with Crippen molar-refractivity contribution in [2.24, 2.45) is 0 Å². The van der Waals surface area contributed by atoms with Crippen molar-refractivity contribution in [3.05, 3.63) is 15.6 Å². The number of thiazole rings is 1. The van der Waals surface area contributed by atoms with Crippen LogP contribution in [0.15, 0.2) is 0 Å². The number of Topliss-reactive ketones (excluding diaryl/α,β-unsaturated/α-hetero) is 1. The third kappa shape index (κ3) is 2.41. The molecular weight excluding hydrogens is 214 g/mol. The van der Waals surface area contributed by atoms with Crippen molar-refractivity contribution < 1.29 is 14.7 Å². The van der Waals surface area contributed by atoms with E-state index < -0.39 is 5.97 Å². The maximum atomic E-state index is 11.2. The largest absolute Gasteiger partial charge is 0.476 e. The number of carboxylic acids is 1. The van der Waals surface area contributed by atoms with Gasteiger partial charge in [0.2, 0.25) is 0 Å². The molecule has 1 aromatic heterocycles. The van der Waals surface area contributed by atoms with Gasteiger partial charge in [0, 0.05) is 12.8 Å². The zero-order chi connectivity index (χ0) is 11.6. The van der Waals surface area contributed by atoms with Crippen LogP contribution >= 0.6 is 11.3 Å². The third-order valence-corrected chi connectivity index (χ3v) is 3.59. The van der Waals surface area contributed by atoms with Gasteiger partial charge in [-0.1, -0.05) is 13.8 Å². The van der Waals surface area contributed by atoms with Crippen LogP contribution in [0.3, 0.4) is 0 Å². The molecule has 0 spiro atoms. The zero-order valence-electron chi connectivity index (χ0n) is 8.90. The normalized spacial score (nSPS) is 12.5. The molecule has 0 aliphatic carbocycles. The summed E-state index contributed by atoms with van der Waals surface area (Å²) >= 11 is 1.19. The highest BCUT2D eigenvalue weighted by Gasteiger charge is 2.22. The average Bonchev–Trinajstić information content (AvgIpc) is 2.61. The summed E-state index contributed by atoms with van der Waals surface area (Å²) in [6, 6.07) is 0. The Balaban J connectivity index is 3.21. The fraction of sp³-hybridized carbons (Fsp3) is 0.500. The molecule has 0 aromatic carbocycles. The lowest BCUT2D eigenvalue weighted by Crippen LogP contribution is -2.04. The molecule has 0 radical (unpaired) electrons. The monoisotopic (exact) mass is 227 g/mol. The van der Waals surface area contributed by atoms with E-state index in [0.717, 1.165) is 11.4 Å². The molecule has 15 heavy (non-hydrogen) atoms. The molecule has 0 saturated carbocycles. The van der Waals surface area contributed by atoms with Gasteiger partial charge in [0.05, 0.1) is 5.01 Å². The zero-order valence-corrected chi connectivity index (χ0v) is 9.72. The van der Waals surface area contributed by atoms with E-state index in [1.807, 2.05) is 13.8 Å². The highest BCUT2D eigenvalue weighted by molar-refractivity contribution is 7.14. The fourth-order valence-electron chi connectivity index (χ4n) is 1.11. The number of ketones is 1. The topological polar surface area (TPSA) is 67.3 Å². The molecule has 0 aliphatic rings. The summed E-state index contributed by atoms with van der Waals surface area (Å²) in [5.41, 5.74) is -0.109. The Morgan fingerprint density at radius 2 is 2.13 bits per heavy atom. The summed E-state index contributed by atoms with van der Waals surface area (Å²) in [6.45, 7) is 5.33. The van der Waals surface area contributed by atoms with Crippen molar-refractivity contribution >= 4 is 23.1 Å². The van der Waals surface area contributed by atoms with Crippen LogP contribution in [-0.4, -0.2) is 21.8 Å². The summed E-state index contributed by atoms with van der Waals surface area (Å²) in [7, 11) is 0. The van der Waals surface area contributed by atoms with Crippen molar-refractivity contribution in [3.8, 4) is 0 Å². The molecule has 0 aliphatic heterocycles. The van der Waals surface area contributed by atoms with Gasteiger partial charge in [-0.2, -0.15) is 0 Å². The van der Waals surface area contributed by atoms with Gasteiger partial charge in [-0.05, 0) is 6.42 Å². The lowest BCUT2D eigenvalue weighted by Gasteiger charge is -2.01. The van der Waals surface area contributed by atoms with Crippen molar-refractivity contribution in [1.29, 1.82) is 0 Å². The number of nitrogens with zero attached hydrogens (tertiary/aromatic N) is 1. The van der Waals surface area contributed by atoms with E-state index in [1.165, 1.54) is 18.3 Å². The molecule has 1 heterocycles. The van der Waals surface area contributed by atoms with E-state index in [9.17, 15) is 9.59 Å². The molecule has 0 amide bonds. The number of carbonyl (C=O) groups excluding carboxylic acids is 1. The lowest BCUT2D eigenvalue weighted by atomic mass is 10.1. The Bertz CT molecular complexity index is 366. The molecule has 1 atom stereocenters. The van der Waals surface area contributed by atoms with Crippen molar-refractivity contribution in [2.45, 2.75) is 33.1 Å². The van der Waals surface area contributed by atoms with E-state index in [0.29, 0.717) is 0 Å². The summed E-state index contributed by atoms with van der Waals surface area (Å²) in [5.74, 6) is -1.17. The molecule has 1 unspecified atom stereocenters. The highest BCUT2D eigenvalue weighted by Crippen LogP contribution is 2.27. The van der Waals surface area contributed by atoms with Gasteiger partial charge in [0.15, 0.2) is 11.5 Å². The quantitative estimate of drug-likeness (QED) is 0.803. The van der Waals surface area contributed by atoms with E-state index in [1.54, 1.807) is 0 Å². The molecule has 4 nitrogen and oxygen atoms in total. The Morgan fingerprint density at radius 3 is 2.47 bits per heavy atom. The summed E-state index contributed by atoms with van der Waals surface area (Å²) < 4.78 is 0. The fourth-order valence-corrected chi connectivity index (χ4v) is 2.19. The number of aromatic nitrogens is 1. The molecule has 0 saturated heterocycles. The first-order valence-electron chi connectivity index (χ1n) is 4.72. The van der Waals surface area contributed by atoms with Crippen LogP contribution in [0.5, 0.6) is 0 Å². The van der Waals surface area contributed by atoms with Gasteiger partial charge in [-0.3, -0.25) is 4.79 Å². The van der Waals surface area contributed by atoms with E-state index in [4.69, 9.17) is 5.11 Å². The minimum absolute atomic E-state index is 0.109. The maximum Gasteiger partial charge on any atom is 0.356 e. The predicted molar refractivity (Wildman–Crippen MR) is 57.8 cm³/mol. The van der Waals surface area contributed by atoms with E-state index in [2.05, 4.69) is 4.98 Å². The average molecular weight is 227 g/mol. The standard InChI is InChI=1S/C10H13NO3S/c1-4-5(2)9-11-7(10(13)14)8(15-9)6(3)12/h5H,4H2,1-3H3,(H,13,14). The van der Waals surface area contributed by atoms with Crippen LogP contribution in [0.4, 0.5) is 0 Å². The third-order valence-electron chi connectivity index (χ3n) is 2.20. The number of hydrogen-bond acceptors (Lipinski definition) is 4. The van der Waals surface area contributed by atoms with Gasteiger partial charge in [-0.25, -0.2) is 9.78 Å². The van der Waals surface area contributed by atoms with Crippen LogP contribution in [0.1, 0.15) is 58.3 Å². The van der Waals surface area contributed by atoms with E-state index >= 15 is 0 Å². The Hall–Kier alpha value is -1.23. The molecular formula is C10H13NO3S. The molecule has 82 valence electrons. The Kier molecular flexibility index (Phi) is 3.57. The minimum Gasteiger partial charge on any atom is -0.476 e. The number of rotatable bonds is 4. The summed E-state index contributed by atoms with van der Waals surface area (Å²) in [5, 5.41) is 9.60. The SMILES string of the molecule is CCC(C)c1nc(C(=O)O)c(C(C)=O)s1. The van der Waals surface area contributed by atoms with Crippen LogP contribution in [0.25, 0.3) is 0 Å². The van der Waals surface area contributed by atoms with Crippen LogP contribution < -0.4 is 0 Å². The smallest absolute Gasteiger partial charge is 0.356 e. The van der Waals surface area contributed by atoms with E-state index in [-0.39, 0.29) is 22.3 Å². The summed E-state index contributed by atoms with van der Waals surface area (Å²) in [6.07, 6.45) is 0.879. The summed E-state index contributed by atoms with van der Waals surface area (Å²) in [4.78, 5) is 26.3. The van der Waals surface area contributed by atoms with Crippen LogP contribution in [-0.2, 0) is 0 Å². The van der Waals surface area contributed by atoms with Crippen molar-refractivity contribution in [3.63, 3.8) is 0 Å². The second-order valence-electron chi connectivity index (χ2n) is 3.40. The highest BCUT2D eigenvalue weighted by atomic mass is 32.1. The molecule has 5 heteroatoms. The number of aromatic carboxylic acids is 1. The van der Waals surface area contributed by atoms with Gasteiger partial charge in [0.25, 0.3) is 0 Å². The number of carboxylic acid groups (broad SMARTS) is 1. The first-order chi connectivity index (χ1) is 6.97. The first kappa shape index (κ1) is 11.8. The van der Waals surface area contributed by atoms with Gasteiger partial charge >= 0.3 is 5.97 Å². The van der Waals surface area contributed by atoms with Gasteiger partial charge in [-0.15, -0.1) is 11.3 Å². The molecule has 1 rings (SSSR count). The van der Waals surface area contributed by atoms with Crippen LogP contribution in [0.2, 0.25) is 0 Å². The number of hydrogen-bond donors (Lipinski definition) is 1. The molecule has 0 bridgehead atoms. The Morgan fingerprint density at radius 1 is 1.53 bits per heavy atom. The number of carbonyl (C=O) groups is 2. The second-order valence-corrected chi connectivity index (χ2v) is 4.43. The predicted octanol–water partition coefficient (Wildman–Crippen LogP) is 2.56.